The molecular weight excluding hydrogens is 436 g/mol. The third kappa shape index (κ3) is 3.42. The second kappa shape index (κ2) is 7.55. The Labute approximate surface area is 167 Å². The minimum atomic E-state index is -3.00. The molecule has 0 unspecified atom stereocenters. The molecule has 0 radical (unpaired) electrons. The Morgan fingerprint density at radius 3 is 2.68 bits per heavy atom. The Hall–Kier alpha value is -3.01. The molecular formula is C18H14BrF2N5O2. The second-order valence-corrected chi connectivity index (χ2v) is 6.78. The van der Waals surface area contributed by atoms with Crippen LogP contribution < -0.4 is 14.8 Å². The molecule has 0 saturated carbocycles. The monoisotopic (exact) mass is 449 g/mol. The number of ether oxygens (including phenoxy) is 2. The van der Waals surface area contributed by atoms with Gasteiger partial charge in [-0.15, -0.1) is 0 Å². The molecule has 1 N–H and O–H groups in total. The highest BCUT2D eigenvalue weighted by molar-refractivity contribution is 9.10. The van der Waals surface area contributed by atoms with Crippen LogP contribution in [0.1, 0.15) is 17.2 Å². The number of halogens is 3. The number of allylic oxidation sites excluding steroid dienone is 1. The van der Waals surface area contributed by atoms with Crippen LogP contribution >= 0.6 is 15.9 Å². The molecule has 7 nitrogen and oxygen atoms in total. The highest BCUT2D eigenvalue weighted by Crippen LogP contribution is 2.41. The summed E-state index contributed by atoms with van der Waals surface area (Å²) in [6.45, 7) is -3.00. The summed E-state index contributed by atoms with van der Waals surface area (Å²) in [6.07, 6.45) is 1.85. The zero-order chi connectivity index (χ0) is 19.7. The van der Waals surface area contributed by atoms with Gasteiger partial charge in [0.2, 0.25) is 5.95 Å². The number of para-hydroxylation sites is 1. The van der Waals surface area contributed by atoms with E-state index in [4.69, 9.17) is 9.47 Å². The fraction of sp³-hybridized carbons (Fsp3) is 0.167. The zero-order valence-corrected chi connectivity index (χ0v) is 16.1. The van der Waals surface area contributed by atoms with Crippen LogP contribution in [0.25, 0.3) is 5.70 Å². The number of tetrazole rings is 1. The molecule has 2 aromatic carbocycles. The van der Waals surface area contributed by atoms with Crippen molar-refractivity contribution in [3.63, 3.8) is 0 Å². The van der Waals surface area contributed by atoms with Gasteiger partial charge in [-0.05, 0) is 40.3 Å². The van der Waals surface area contributed by atoms with Gasteiger partial charge in [-0.1, -0.05) is 45.3 Å². The summed E-state index contributed by atoms with van der Waals surface area (Å²) in [7, 11) is 1.39. The van der Waals surface area contributed by atoms with E-state index in [2.05, 4.69) is 36.8 Å². The van der Waals surface area contributed by atoms with Crippen LogP contribution in [-0.4, -0.2) is 33.9 Å². The number of nitrogens with zero attached hydrogens (tertiary/aromatic N) is 4. The van der Waals surface area contributed by atoms with E-state index < -0.39 is 12.7 Å². The number of hydrogen-bond donors (Lipinski definition) is 1. The first-order valence-electron chi connectivity index (χ1n) is 8.21. The van der Waals surface area contributed by atoms with Gasteiger partial charge in [0.1, 0.15) is 6.04 Å². The van der Waals surface area contributed by atoms with Crippen molar-refractivity contribution in [1.82, 2.24) is 20.2 Å². The summed E-state index contributed by atoms with van der Waals surface area (Å²) in [6, 6.07) is 12.0. The van der Waals surface area contributed by atoms with Crippen molar-refractivity contribution in [2.75, 3.05) is 12.4 Å². The smallest absolute Gasteiger partial charge is 0.387 e. The summed E-state index contributed by atoms with van der Waals surface area (Å²) in [5, 5.41) is 14.8. The normalized spacial score (nSPS) is 15.6. The van der Waals surface area contributed by atoms with Crippen molar-refractivity contribution in [3.05, 3.63) is 64.1 Å². The van der Waals surface area contributed by atoms with Crippen molar-refractivity contribution >= 4 is 27.6 Å². The number of hydrogen-bond acceptors (Lipinski definition) is 6. The lowest BCUT2D eigenvalue weighted by Gasteiger charge is -2.25. The molecule has 0 aliphatic carbocycles. The van der Waals surface area contributed by atoms with E-state index in [0.717, 1.165) is 15.7 Å². The molecule has 0 amide bonds. The highest BCUT2D eigenvalue weighted by Gasteiger charge is 2.29. The standard InChI is InChI=1S/C18H14BrF2N5O2/c1-27-15-4-2-3-12(16(15)28-17(20)21)14-9-13(10-5-7-11(19)8-6-10)22-18-23-24-25-26(14)18/h2-9,14,17H,1H3,(H,22,23,25)/t14-/m0/s1. The number of fused-ring (bicyclic) bond motifs is 1. The highest BCUT2D eigenvalue weighted by atomic mass is 79.9. The Morgan fingerprint density at radius 1 is 1.18 bits per heavy atom. The lowest BCUT2D eigenvalue weighted by molar-refractivity contribution is -0.0520. The van der Waals surface area contributed by atoms with Gasteiger partial charge in [-0.2, -0.15) is 13.5 Å². The van der Waals surface area contributed by atoms with Crippen molar-refractivity contribution in [1.29, 1.82) is 0 Å². The molecule has 2 heterocycles. The summed E-state index contributed by atoms with van der Waals surface area (Å²) < 4.78 is 38.5. The average Bonchev–Trinajstić information content (AvgIpc) is 3.16. The quantitative estimate of drug-likeness (QED) is 0.631. The van der Waals surface area contributed by atoms with Gasteiger partial charge in [-0.25, -0.2) is 0 Å². The SMILES string of the molecule is COc1cccc([C@@H]2C=C(c3ccc(Br)cc3)Nc3nnnn32)c1OC(F)F. The summed E-state index contributed by atoms with van der Waals surface area (Å²) in [4.78, 5) is 0. The molecule has 4 rings (SSSR count). The van der Waals surface area contributed by atoms with Crippen LogP contribution in [-0.2, 0) is 0 Å². The van der Waals surface area contributed by atoms with Crippen molar-refractivity contribution < 1.29 is 18.3 Å². The molecule has 0 bridgehead atoms. The average molecular weight is 450 g/mol. The van der Waals surface area contributed by atoms with Crippen LogP contribution in [0.5, 0.6) is 11.5 Å². The maximum Gasteiger partial charge on any atom is 0.387 e. The number of aromatic nitrogens is 4. The van der Waals surface area contributed by atoms with E-state index in [0.29, 0.717) is 11.5 Å². The Balaban J connectivity index is 1.85. The Kier molecular flexibility index (Phi) is 4.95. The molecule has 28 heavy (non-hydrogen) atoms. The maximum atomic E-state index is 13.0. The van der Waals surface area contributed by atoms with Crippen LogP contribution in [0.2, 0.25) is 0 Å². The molecule has 3 aromatic rings. The summed E-state index contributed by atoms with van der Waals surface area (Å²) in [5.74, 6) is 0.528. The van der Waals surface area contributed by atoms with Gasteiger partial charge >= 0.3 is 6.61 Å². The number of alkyl halides is 2. The van der Waals surface area contributed by atoms with Gasteiger partial charge < -0.3 is 14.8 Å². The third-order valence-corrected chi connectivity index (χ3v) is 4.77. The molecule has 1 aliphatic rings. The van der Waals surface area contributed by atoms with Crippen LogP contribution in [0, 0.1) is 0 Å². The molecule has 0 fully saturated rings. The van der Waals surface area contributed by atoms with Gasteiger partial charge in [-0.3, -0.25) is 0 Å². The predicted octanol–water partition coefficient (Wildman–Crippen LogP) is 4.10. The number of rotatable bonds is 5. The summed E-state index contributed by atoms with van der Waals surface area (Å²) >= 11 is 3.41. The first-order chi connectivity index (χ1) is 13.6. The first kappa shape index (κ1) is 18.4. The number of anilines is 1. The van der Waals surface area contributed by atoms with E-state index in [1.54, 1.807) is 18.2 Å². The van der Waals surface area contributed by atoms with E-state index >= 15 is 0 Å². The lowest BCUT2D eigenvalue weighted by Crippen LogP contribution is -2.21. The second-order valence-electron chi connectivity index (χ2n) is 5.86. The Bertz CT molecular complexity index is 1020. The molecule has 1 aromatic heterocycles. The van der Waals surface area contributed by atoms with E-state index in [1.165, 1.54) is 11.8 Å². The molecule has 0 saturated heterocycles. The number of benzene rings is 2. The zero-order valence-electron chi connectivity index (χ0n) is 14.5. The van der Waals surface area contributed by atoms with Crippen LogP contribution in [0.3, 0.4) is 0 Å². The minimum absolute atomic E-state index is 0.0558. The lowest BCUT2D eigenvalue weighted by atomic mass is 10.0. The molecule has 1 atom stereocenters. The molecule has 0 spiro atoms. The van der Waals surface area contributed by atoms with Gasteiger partial charge in [0.25, 0.3) is 0 Å². The van der Waals surface area contributed by atoms with Crippen molar-refractivity contribution in [2.24, 2.45) is 0 Å². The largest absolute Gasteiger partial charge is 0.493 e. The predicted molar refractivity (Wildman–Crippen MR) is 101 cm³/mol. The molecule has 1 aliphatic heterocycles. The topological polar surface area (TPSA) is 74.1 Å². The van der Waals surface area contributed by atoms with E-state index in [1.807, 2.05) is 30.3 Å². The van der Waals surface area contributed by atoms with Crippen LogP contribution in [0.15, 0.2) is 53.0 Å². The van der Waals surface area contributed by atoms with Gasteiger partial charge in [0, 0.05) is 15.7 Å². The van der Waals surface area contributed by atoms with Crippen molar-refractivity contribution in [2.45, 2.75) is 12.7 Å². The van der Waals surface area contributed by atoms with E-state index in [-0.39, 0.29) is 11.5 Å². The summed E-state index contributed by atoms with van der Waals surface area (Å²) in [5.41, 5.74) is 2.08. The fourth-order valence-electron chi connectivity index (χ4n) is 3.01. The number of methoxy groups -OCH3 is 1. The third-order valence-electron chi connectivity index (χ3n) is 4.24. The van der Waals surface area contributed by atoms with E-state index in [9.17, 15) is 8.78 Å². The molecule has 144 valence electrons. The molecule has 10 heteroatoms. The fourth-order valence-corrected chi connectivity index (χ4v) is 3.28. The first-order valence-corrected chi connectivity index (χ1v) is 9.00. The van der Waals surface area contributed by atoms with Crippen LogP contribution in [0.4, 0.5) is 14.7 Å². The van der Waals surface area contributed by atoms with Gasteiger partial charge in [0.05, 0.1) is 7.11 Å². The maximum absolute atomic E-state index is 13.0. The van der Waals surface area contributed by atoms with Gasteiger partial charge in [0.15, 0.2) is 11.5 Å². The Morgan fingerprint density at radius 2 is 1.96 bits per heavy atom. The minimum Gasteiger partial charge on any atom is -0.493 e. The number of nitrogens with one attached hydrogen (secondary N) is 1. The van der Waals surface area contributed by atoms with Crippen molar-refractivity contribution in [3.8, 4) is 11.5 Å².